The number of nitrogens with two attached hydrogens (primary N) is 1. The number of esters is 1. The van der Waals surface area contributed by atoms with Crippen molar-refractivity contribution >= 4 is 11.8 Å². The first-order valence-corrected chi connectivity index (χ1v) is 5.81. The van der Waals surface area contributed by atoms with E-state index in [0.29, 0.717) is 12.4 Å². The molecule has 0 fully saturated rings. The van der Waals surface area contributed by atoms with Crippen LogP contribution < -0.4 is 5.73 Å². The Kier molecular flexibility index (Phi) is 3.17. The van der Waals surface area contributed by atoms with Crippen LogP contribution in [0.15, 0.2) is 12.2 Å². The van der Waals surface area contributed by atoms with Crippen LogP contribution in [0.4, 0.5) is 5.82 Å². The summed E-state index contributed by atoms with van der Waals surface area (Å²) in [5.41, 5.74) is 6.22. The maximum absolute atomic E-state index is 11.7. The molecular formula is C12H17N3O2. The predicted molar refractivity (Wildman–Crippen MR) is 64.7 cm³/mol. The highest BCUT2D eigenvalue weighted by atomic mass is 16.5. The third-order valence-corrected chi connectivity index (χ3v) is 2.94. The maximum Gasteiger partial charge on any atom is 0.360 e. The number of carbonyl (C=O) groups is 1. The lowest BCUT2D eigenvalue weighted by Crippen LogP contribution is -2.13. The minimum atomic E-state index is -0.446. The number of rotatable bonds is 3. The van der Waals surface area contributed by atoms with E-state index in [0.717, 1.165) is 18.7 Å². The summed E-state index contributed by atoms with van der Waals surface area (Å²) >= 11 is 0. The zero-order valence-corrected chi connectivity index (χ0v) is 10.1. The van der Waals surface area contributed by atoms with E-state index in [2.05, 4.69) is 17.1 Å². The predicted octanol–water partition coefficient (Wildman–Crippen LogP) is 1.84. The summed E-state index contributed by atoms with van der Waals surface area (Å²) in [5, 5.41) is 0. The van der Waals surface area contributed by atoms with E-state index in [1.165, 1.54) is 0 Å². The Balaban J connectivity index is 2.31. The highest BCUT2D eigenvalue weighted by Crippen LogP contribution is 2.29. The van der Waals surface area contributed by atoms with Gasteiger partial charge in [-0.05, 0) is 26.7 Å². The SMILES string of the molecule is CCOC(=O)c1nc(C)n(C2CC=CC2)c1N. The average Bonchev–Trinajstić information content (AvgIpc) is 2.87. The van der Waals surface area contributed by atoms with Crippen LogP contribution in [0.1, 0.15) is 42.1 Å². The number of aryl methyl sites for hydroxylation is 1. The molecule has 1 aliphatic carbocycles. The van der Waals surface area contributed by atoms with Crippen LogP contribution in [0, 0.1) is 6.92 Å². The van der Waals surface area contributed by atoms with E-state index < -0.39 is 5.97 Å². The van der Waals surface area contributed by atoms with Crippen molar-refractivity contribution in [2.75, 3.05) is 12.3 Å². The van der Waals surface area contributed by atoms with E-state index in [4.69, 9.17) is 10.5 Å². The number of imidazole rings is 1. The molecule has 92 valence electrons. The maximum atomic E-state index is 11.7. The van der Waals surface area contributed by atoms with Gasteiger partial charge in [0.2, 0.25) is 0 Å². The number of allylic oxidation sites excluding steroid dienone is 2. The van der Waals surface area contributed by atoms with Gasteiger partial charge in [0, 0.05) is 6.04 Å². The minimum absolute atomic E-state index is 0.233. The van der Waals surface area contributed by atoms with Gasteiger partial charge < -0.3 is 15.0 Å². The topological polar surface area (TPSA) is 70.1 Å². The van der Waals surface area contributed by atoms with Crippen LogP contribution in [0.3, 0.4) is 0 Å². The molecular weight excluding hydrogens is 218 g/mol. The van der Waals surface area contributed by atoms with Crippen molar-refractivity contribution in [3.05, 3.63) is 23.7 Å². The van der Waals surface area contributed by atoms with Gasteiger partial charge in [-0.2, -0.15) is 0 Å². The zero-order valence-electron chi connectivity index (χ0n) is 10.1. The van der Waals surface area contributed by atoms with Gasteiger partial charge in [0.25, 0.3) is 0 Å². The summed E-state index contributed by atoms with van der Waals surface area (Å²) in [6.07, 6.45) is 6.11. The number of anilines is 1. The van der Waals surface area contributed by atoms with Gasteiger partial charge in [0.15, 0.2) is 5.69 Å². The van der Waals surface area contributed by atoms with Gasteiger partial charge in [-0.25, -0.2) is 9.78 Å². The van der Waals surface area contributed by atoms with Gasteiger partial charge >= 0.3 is 5.97 Å². The smallest absolute Gasteiger partial charge is 0.360 e. The molecule has 2 N–H and O–H groups in total. The number of hydrogen-bond donors (Lipinski definition) is 1. The number of nitrogen functional groups attached to an aromatic ring is 1. The molecule has 0 spiro atoms. The highest BCUT2D eigenvalue weighted by molar-refractivity contribution is 5.92. The molecule has 0 saturated heterocycles. The second kappa shape index (κ2) is 4.61. The molecule has 0 amide bonds. The molecule has 1 aromatic heterocycles. The molecule has 1 aromatic rings. The fourth-order valence-electron chi connectivity index (χ4n) is 2.19. The molecule has 0 atom stereocenters. The minimum Gasteiger partial charge on any atom is -0.461 e. The number of ether oxygens (including phenoxy) is 1. The fraction of sp³-hybridized carbons (Fsp3) is 0.500. The largest absolute Gasteiger partial charge is 0.461 e. The van der Waals surface area contributed by atoms with Crippen LogP contribution in [0.25, 0.3) is 0 Å². The van der Waals surface area contributed by atoms with E-state index >= 15 is 0 Å². The molecule has 0 bridgehead atoms. The van der Waals surface area contributed by atoms with Gasteiger partial charge in [0.05, 0.1) is 6.61 Å². The molecule has 0 aromatic carbocycles. The summed E-state index contributed by atoms with van der Waals surface area (Å²) in [7, 11) is 0. The first kappa shape index (κ1) is 11.7. The molecule has 0 unspecified atom stereocenters. The quantitative estimate of drug-likeness (QED) is 0.641. The van der Waals surface area contributed by atoms with Crippen LogP contribution in [-0.4, -0.2) is 22.1 Å². The van der Waals surface area contributed by atoms with Crippen molar-refractivity contribution in [1.29, 1.82) is 0 Å². The second-order valence-electron chi connectivity index (χ2n) is 4.08. The van der Waals surface area contributed by atoms with Crippen molar-refractivity contribution in [1.82, 2.24) is 9.55 Å². The van der Waals surface area contributed by atoms with Gasteiger partial charge in [-0.1, -0.05) is 12.2 Å². The third-order valence-electron chi connectivity index (χ3n) is 2.94. The van der Waals surface area contributed by atoms with Crippen molar-refractivity contribution in [3.63, 3.8) is 0 Å². The molecule has 5 nitrogen and oxygen atoms in total. The molecule has 17 heavy (non-hydrogen) atoms. The van der Waals surface area contributed by atoms with Crippen molar-refractivity contribution in [3.8, 4) is 0 Å². The van der Waals surface area contributed by atoms with E-state index in [-0.39, 0.29) is 11.7 Å². The van der Waals surface area contributed by atoms with E-state index in [1.807, 2.05) is 11.5 Å². The summed E-state index contributed by atoms with van der Waals surface area (Å²) in [5.74, 6) is 0.728. The summed E-state index contributed by atoms with van der Waals surface area (Å²) < 4.78 is 6.85. The van der Waals surface area contributed by atoms with E-state index in [9.17, 15) is 4.79 Å². The lowest BCUT2D eigenvalue weighted by Gasteiger charge is -2.15. The van der Waals surface area contributed by atoms with Crippen molar-refractivity contribution < 1.29 is 9.53 Å². The van der Waals surface area contributed by atoms with Crippen LogP contribution in [0.2, 0.25) is 0 Å². The molecule has 2 rings (SSSR count). The van der Waals surface area contributed by atoms with Crippen LogP contribution in [-0.2, 0) is 4.74 Å². The monoisotopic (exact) mass is 235 g/mol. The standard InChI is InChI=1S/C12H17N3O2/c1-3-17-12(16)10-11(13)15(8(2)14-10)9-6-4-5-7-9/h4-5,9H,3,6-7,13H2,1-2H3. The number of nitrogens with zero attached hydrogens (tertiary/aromatic N) is 2. The molecule has 5 heteroatoms. The van der Waals surface area contributed by atoms with Crippen molar-refractivity contribution in [2.24, 2.45) is 0 Å². The molecule has 0 radical (unpaired) electrons. The van der Waals surface area contributed by atoms with Crippen molar-refractivity contribution in [2.45, 2.75) is 32.7 Å². The normalized spacial score (nSPS) is 15.4. The Bertz CT molecular complexity index is 455. The Morgan fingerprint density at radius 1 is 1.59 bits per heavy atom. The first-order chi connectivity index (χ1) is 8.15. The van der Waals surface area contributed by atoms with E-state index in [1.54, 1.807) is 6.92 Å². The van der Waals surface area contributed by atoms with Gasteiger partial charge in [-0.15, -0.1) is 0 Å². The third kappa shape index (κ3) is 2.05. The Hall–Kier alpha value is -1.78. The summed E-state index contributed by atoms with van der Waals surface area (Å²) in [6.45, 7) is 3.95. The number of aromatic nitrogens is 2. The molecule has 0 aliphatic heterocycles. The second-order valence-corrected chi connectivity index (χ2v) is 4.08. The average molecular weight is 235 g/mol. The summed E-state index contributed by atoms with van der Waals surface area (Å²) in [4.78, 5) is 15.9. The first-order valence-electron chi connectivity index (χ1n) is 5.81. The number of hydrogen-bond acceptors (Lipinski definition) is 4. The van der Waals surface area contributed by atoms with Crippen LogP contribution >= 0.6 is 0 Å². The summed E-state index contributed by atoms with van der Waals surface area (Å²) in [6, 6.07) is 0.283. The van der Waals surface area contributed by atoms with Crippen LogP contribution in [0.5, 0.6) is 0 Å². The lowest BCUT2D eigenvalue weighted by molar-refractivity contribution is 0.0521. The Morgan fingerprint density at radius 3 is 2.82 bits per heavy atom. The molecule has 1 heterocycles. The van der Waals surface area contributed by atoms with Gasteiger partial charge in [0.1, 0.15) is 11.6 Å². The highest BCUT2D eigenvalue weighted by Gasteiger charge is 2.24. The van der Waals surface area contributed by atoms with Gasteiger partial charge in [-0.3, -0.25) is 0 Å². The Morgan fingerprint density at radius 2 is 2.24 bits per heavy atom. The molecule has 0 saturated carbocycles. The Labute approximate surface area is 100 Å². The zero-order chi connectivity index (χ0) is 12.4. The lowest BCUT2D eigenvalue weighted by atomic mass is 10.2. The fourth-order valence-corrected chi connectivity index (χ4v) is 2.19. The molecule has 1 aliphatic rings. The number of carbonyl (C=O) groups excluding carboxylic acids is 1.